The third-order valence-electron chi connectivity index (χ3n) is 4.69. The Morgan fingerprint density at radius 2 is 2.03 bits per heavy atom. The molecule has 7 nitrogen and oxygen atoms in total. The Balaban J connectivity index is 1.60. The van der Waals surface area contributed by atoms with Gasteiger partial charge in [-0.05, 0) is 29.8 Å². The molecular weight excluding hydrogens is 420 g/mol. The molecule has 2 heterocycles. The molecule has 0 spiro atoms. The molecule has 0 aliphatic carbocycles. The highest BCUT2D eigenvalue weighted by Crippen LogP contribution is 2.35. The zero-order chi connectivity index (χ0) is 21.4. The maximum absolute atomic E-state index is 13.8. The van der Waals surface area contributed by atoms with Crippen LogP contribution < -0.4 is 10.6 Å². The number of halogens is 3. The van der Waals surface area contributed by atoms with Crippen LogP contribution in [0.3, 0.4) is 0 Å². The summed E-state index contributed by atoms with van der Waals surface area (Å²) < 4.78 is 31.9. The van der Waals surface area contributed by atoms with E-state index < -0.39 is 42.1 Å². The average molecular weight is 434 g/mol. The molecule has 0 saturated carbocycles. The van der Waals surface area contributed by atoms with Gasteiger partial charge in [-0.2, -0.15) is 0 Å². The highest BCUT2D eigenvalue weighted by Gasteiger charge is 2.42. The van der Waals surface area contributed by atoms with Gasteiger partial charge in [0.05, 0.1) is 23.0 Å². The summed E-state index contributed by atoms with van der Waals surface area (Å²) in [6.07, 6.45) is 0. The summed E-state index contributed by atoms with van der Waals surface area (Å²) in [5.41, 5.74) is 0.782. The molecular formula is C20H14ClF2N3O4. The maximum atomic E-state index is 13.8. The van der Waals surface area contributed by atoms with E-state index in [1.807, 2.05) is 0 Å². The molecule has 1 unspecified atom stereocenters. The Labute approximate surface area is 174 Å². The predicted molar refractivity (Wildman–Crippen MR) is 102 cm³/mol. The zero-order valence-electron chi connectivity index (χ0n) is 15.2. The topological polar surface area (TPSA) is 87.7 Å². The highest BCUT2D eigenvalue weighted by atomic mass is 35.5. The number of carbonyl (C=O) groups excluding carboxylic acids is 3. The number of nitrogens with zero attached hydrogens (tertiary/aromatic N) is 1. The van der Waals surface area contributed by atoms with Gasteiger partial charge in [-0.3, -0.25) is 9.69 Å². The summed E-state index contributed by atoms with van der Waals surface area (Å²) in [4.78, 5) is 38.4. The molecule has 154 valence electrons. The maximum Gasteiger partial charge on any atom is 0.338 e. The van der Waals surface area contributed by atoms with E-state index in [1.54, 1.807) is 24.3 Å². The summed E-state index contributed by atoms with van der Waals surface area (Å²) in [6, 6.07) is 7.93. The summed E-state index contributed by atoms with van der Waals surface area (Å²) >= 11 is 6.01. The van der Waals surface area contributed by atoms with Crippen LogP contribution in [0.1, 0.15) is 11.6 Å². The molecule has 0 radical (unpaired) electrons. The molecule has 1 atom stereocenters. The Morgan fingerprint density at radius 1 is 1.23 bits per heavy atom. The van der Waals surface area contributed by atoms with E-state index in [-0.39, 0.29) is 23.6 Å². The Bertz CT molecular complexity index is 1110. The van der Waals surface area contributed by atoms with Crippen LogP contribution in [0.4, 0.5) is 19.3 Å². The molecule has 2 aromatic rings. The molecule has 3 amide bonds. The molecule has 0 aromatic heterocycles. The lowest BCUT2D eigenvalue weighted by atomic mass is 9.96. The van der Waals surface area contributed by atoms with Gasteiger partial charge in [0, 0.05) is 11.1 Å². The van der Waals surface area contributed by atoms with Crippen molar-refractivity contribution in [3.05, 3.63) is 76.0 Å². The second-order valence-corrected chi connectivity index (χ2v) is 7.07. The lowest BCUT2D eigenvalue weighted by Gasteiger charge is -2.32. The normalized spacial score (nSPS) is 18.1. The number of anilines is 1. The molecule has 4 rings (SSSR count). The molecule has 2 N–H and O–H groups in total. The van der Waals surface area contributed by atoms with Crippen molar-refractivity contribution in [3.8, 4) is 0 Å². The third-order valence-corrected chi connectivity index (χ3v) is 4.92. The van der Waals surface area contributed by atoms with E-state index in [9.17, 15) is 23.2 Å². The quantitative estimate of drug-likeness (QED) is 0.725. The Hall–Kier alpha value is -3.46. The fraction of sp³-hybridized carbons (Fsp3) is 0.150. The molecule has 0 saturated heterocycles. The summed E-state index contributed by atoms with van der Waals surface area (Å²) in [5, 5.41) is 5.37. The molecule has 2 aromatic carbocycles. The van der Waals surface area contributed by atoms with Crippen LogP contribution in [-0.4, -0.2) is 36.0 Å². The Morgan fingerprint density at radius 3 is 2.77 bits per heavy atom. The number of ether oxygens (including phenoxy) is 1. The fourth-order valence-corrected chi connectivity index (χ4v) is 3.54. The first-order valence-corrected chi connectivity index (χ1v) is 9.20. The van der Waals surface area contributed by atoms with Crippen molar-refractivity contribution in [2.45, 2.75) is 6.04 Å². The number of cyclic esters (lactones) is 1. The van der Waals surface area contributed by atoms with E-state index in [4.69, 9.17) is 16.3 Å². The largest absolute Gasteiger partial charge is 0.456 e. The summed E-state index contributed by atoms with van der Waals surface area (Å²) in [6.45, 7) is -0.683. The van der Waals surface area contributed by atoms with Crippen molar-refractivity contribution in [1.82, 2.24) is 10.2 Å². The molecule has 0 fully saturated rings. The minimum absolute atomic E-state index is 0.184. The van der Waals surface area contributed by atoms with Crippen molar-refractivity contribution in [2.75, 3.05) is 18.5 Å². The van der Waals surface area contributed by atoms with E-state index >= 15 is 0 Å². The van der Waals surface area contributed by atoms with Crippen LogP contribution in [0.15, 0.2) is 53.7 Å². The van der Waals surface area contributed by atoms with Crippen molar-refractivity contribution >= 4 is 35.2 Å². The fourth-order valence-electron chi connectivity index (χ4n) is 3.34. The molecule has 30 heavy (non-hydrogen) atoms. The van der Waals surface area contributed by atoms with Crippen molar-refractivity contribution in [1.29, 1.82) is 0 Å². The van der Waals surface area contributed by atoms with Gasteiger partial charge in [-0.25, -0.2) is 18.4 Å². The smallest absolute Gasteiger partial charge is 0.338 e. The van der Waals surface area contributed by atoms with Gasteiger partial charge in [0.1, 0.15) is 24.8 Å². The SMILES string of the molecule is O=C(CN1C(=O)NC(c2cccc(Cl)c2)C2=C1COC2=O)Nc1ccc(F)cc1F. The van der Waals surface area contributed by atoms with Gasteiger partial charge < -0.3 is 15.4 Å². The summed E-state index contributed by atoms with van der Waals surface area (Å²) in [7, 11) is 0. The number of hydrogen-bond acceptors (Lipinski definition) is 4. The molecule has 2 aliphatic rings. The first kappa shape index (κ1) is 19.8. The van der Waals surface area contributed by atoms with Gasteiger partial charge >= 0.3 is 12.0 Å². The van der Waals surface area contributed by atoms with Crippen molar-refractivity contribution in [2.24, 2.45) is 0 Å². The molecule has 2 aliphatic heterocycles. The second-order valence-electron chi connectivity index (χ2n) is 6.63. The first-order chi connectivity index (χ1) is 14.3. The van der Waals surface area contributed by atoms with Gasteiger partial charge in [0.15, 0.2) is 0 Å². The van der Waals surface area contributed by atoms with Gasteiger partial charge in [0.25, 0.3) is 0 Å². The number of amides is 3. The monoisotopic (exact) mass is 433 g/mol. The predicted octanol–water partition coefficient (Wildman–Crippen LogP) is 3.13. The van der Waals surface area contributed by atoms with Gasteiger partial charge in [-0.15, -0.1) is 0 Å². The van der Waals surface area contributed by atoms with Crippen molar-refractivity contribution in [3.63, 3.8) is 0 Å². The molecule has 0 bridgehead atoms. The average Bonchev–Trinajstić information content (AvgIpc) is 3.08. The van der Waals surface area contributed by atoms with Crippen LogP contribution >= 0.6 is 11.6 Å². The first-order valence-electron chi connectivity index (χ1n) is 8.82. The summed E-state index contributed by atoms with van der Waals surface area (Å²) in [5.74, 6) is -3.09. The number of benzene rings is 2. The lowest BCUT2D eigenvalue weighted by Crippen LogP contribution is -2.49. The number of nitrogens with one attached hydrogen (secondary N) is 2. The number of hydrogen-bond donors (Lipinski definition) is 2. The van der Waals surface area contributed by atoms with E-state index in [0.29, 0.717) is 16.7 Å². The second kappa shape index (κ2) is 7.75. The van der Waals surface area contributed by atoms with Crippen LogP contribution in [0, 0.1) is 11.6 Å². The van der Waals surface area contributed by atoms with Crippen LogP contribution in [0.25, 0.3) is 0 Å². The highest BCUT2D eigenvalue weighted by molar-refractivity contribution is 6.30. The standard InChI is InChI=1S/C20H14ClF2N3O4/c21-11-3-1-2-10(6-11)18-17-15(9-30-19(17)28)26(20(29)25-18)8-16(27)24-14-5-4-12(22)7-13(14)23/h1-7,18H,8-9H2,(H,24,27)(H,25,29). The number of rotatable bonds is 4. The minimum Gasteiger partial charge on any atom is -0.456 e. The van der Waals surface area contributed by atoms with Crippen LogP contribution in [-0.2, 0) is 14.3 Å². The number of esters is 1. The van der Waals surface area contributed by atoms with E-state index in [2.05, 4.69) is 10.6 Å². The van der Waals surface area contributed by atoms with Crippen LogP contribution in [0.2, 0.25) is 5.02 Å². The lowest BCUT2D eigenvalue weighted by molar-refractivity contribution is -0.136. The molecule has 10 heteroatoms. The number of urea groups is 1. The minimum atomic E-state index is -0.952. The van der Waals surface area contributed by atoms with Crippen LogP contribution in [0.5, 0.6) is 0 Å². The Kier molecular flexibility index (Phi) is 5.13. The van der Waals surface area contributed by atoms with Gasteiger partial charge in [0.2, 0.25) is 5.91 Å². The third kappa shape index (κ3) is 3.71. The van der Waals surface area contributed by atoms with Crippen molar-refractivity contribution < 1.29 is 27.9 Å². The van der Waals surface area contributed by atoms with E-state index in [1.165, 1.54) is 0 Å². The number of carbonyl (C=O) groups is 3. The van der Waals surface area contributed by atoms with E-state index in [0.717, 1.165) is 17.0 Å². The zero-order valence-corrected chi connectivity index (χ0v) is 16.0. The van der Waals surface area contributed by atoms with Gasteiger partial charge in [-0.1, -0.05) is 23.7 Å².